The van der Waals surface area contributed by atoms with Crippen LogP contribution < -0.4 is 0 Å². The second-order valence-electron chi connectivity index (χ2n) is 25.3. The van der Waals surface area contributed by atoms with Gasteiger partial charge in [-0.25, -0.2) is 19.4 Å². The van der Waals surface area contributed by atoms with E-state index in [0.717, 1.165) is 67.3 Å². The Morgan fingerprint density at radius 2 is 0.333 bits per heavy atom. The van der Waals surface area contributed by atoms with Crippen LogP contribution in [-0.4, -0.2) is 0 Å². The summed E-state index contributed by atoms with van der Waals surface area (Å²) in [5.74, 6) is 0. The first-order valence-electron chi connectivity index (χ1n) is 23.2. The molecule has 0 amide bonds. The van der Waals surface area contributed by atoms with E-state index < -0.39 is 0 Å². The predicted molar refractivity (Wildman–Crippen MR) is 290 cm³/mol. The van der Waals surface area contributed by atoms with Gasteiger partial charge in [0, 0.05) is 0 Å². The molecule has 0 fully saturated rings. The van der Waals surface area contributed by atoms with E-state index in [4.69, 9.17) is 50.0 Å². The van der Waals surface area contributed by atoms with Gasteiger partial charge < -0.3 is 23.7 Å². The van der Waals surface area contributed by atoms with Gasteiger partial charge in [0.15, 0.2) is 22.7 Å². The average molecular weight is 1010 g/mol. The summed E-state index contributed by atoms with van der Waals surface area (Å²) in [6, 6.07) is 24.8. The molecule has 0 radical (unpaired) electrons. The maximum atomic E-state index is 7.41. The van der Waals surface area contributed by atoms with Crippen molar-refractivity contribution in [2.45, 2.75) is 209 Å². The number of para-hydroxylation sites is 4. The van der Waals surface area contributed by atoms with Crippen molar-refractivity contribution >= 4 is 22.7 Å². The number of benzene rings is 4. The third-order valence-corrected chi connectivity index (χ3v) is 11.1. The van der Waals surface area contributed by atoms with E-state index in [2.05, 4.69) is 258 Å². The van der Waals surface area contributed by atoms with E-state index in [1.54, 1.807) is 0 Å². The van der Waals surface area contributed by atoms with Crippen LogP contribution in [0.3, 0.4) is 0 Å². The molecule has 0 saturated heterocycles. The first kappa shape index (κ1) is 67.7. The summed E-state index contributed by atoms with van der Waals surface area (Å²) in [4.78, 5) is 15.0. The third-order valence-electron chi connectivity index (χ3n) is 11.1. The van der Waals surface area contributed by atoms with Crippen LogP contribution >= 0.6 is 0 Å². The van der Waals surface area contributed by atoms with Crippen LogP contribution in [0.25, 0.3) is 19.4 Å². The molecule has 368 valence electrons. The molecule has 7 heteroatoms. The summed E-state index contributed by atoms with van der Waals surface area (Å²) in [5, 5.41) is 12.5. The summed E-state index contributed by atoms with van der Waals surface area (Å²) in [7, 11) is 0. The quantitative estimate of drug-likeness (QED) is 0.130. The molecule has 0 heterocycles. The molecule has 0 aromatic heterocycles. The summed E-state index contributed by atoms with van der Waals surface area (Å²) in [5.41, 5.74) is 12.8. The van der Waals surface area contributed by atoms with E-state index in [1.165, 1.54) is 0 Å². The van der Waals surface area contributed by atoms with Crippen molar-refractivity contribution in [3.63, 3.8) is 0 Å². The van der Waals surface area contributed by atoms with Gasteiger partial charge in [-0.15, -0.1) is 0 Å². The fourth-order valence-corrected chi connectivity index (χ4v) is 7.50. The van der Waals surface area contributed by atoms with Gasteiger partial charge in [0.2, 0.25) is 0 Å². The standard InChI is InChI=1S/4C15H21N.2CN.Ru/c4*1-14(2,3)11-9-8-10-12(13(11)16-7)15(4,5)6;2*1-2;/h4*8-10H,1-6H3;;;/q;;;;2*-1;+4. The Kier molecular flexibility index (Phi) is 25.9. The van der Waals surface area contributed by atoms with Gasteiger partial charge in [0.25, 0.3) is 0 Å². The van der Waals surface area contributed by atoms with Crippen LogP contribution in [0.2, 0.25) is 0 Å². The van der Waals surface area contributed by atoms with Crippen LogP contribution in [0.4, 0.5) is 22.7 Å². The molecule has 0 aliphatic heterocycles. The molecule has 4 aromatic carbocycles. The van der Waals surface area contributed by atoms with Crippen molar-refractivity contribution in [1.29, 1.82) is 10.5 Å². The fourth-order valence-electron chi connectivity index (χ4n) is 7.50. The molecule has 4 rings (SSSR count). The normalized spacial score (nSPS) is 11.5. The predicted octanol–water partition coefficient (Wildman–Crippen LogP) is 19.5. The molecule has 0 spiro atoms. The van der Waals surface area contributed by atoms with Crippen LogP contribution in [0.5, 0.6) is 0 Å². The summed E-state index contributed by atoms with van der Waals surface area (Å²) in [6.07, 6.45) is 0. The van der Waals surface area contributed by atoms with E-state index in [1.807, 2.05) is 0 Å². The van der Waals surface area contributed by atoms with Crippen molar-refractivity contribution in [1.82, 2.24) is 0 Å². The maximum absolute atomic E-state index is 7.41. The van der Waals surface area contributed by atoms with Crippen molar-refractivity contribution in [2.24, 2.45) is 0 Å². The van der Waals surface area contributed by atoms with Crippen LogP contribution in [0.1, 0.15) is 211 Å². The van der Waals surface area contributed by atoms with Crippen LogP contribution in [-0.2, 0) is 62.8 Å². The molecule has 4 aromatic rings. The molecule has 0 saturated carbocycles. The molecule has 0 unspecified atom stereocenters. The number of rotatable bonds is 0. The zero-order valence-corrected chi connectivity index (χ0v) is 48.7. The minimum absolute atomic E-state index is 0. The van der Waals surface area contributed by atoms with Crippen molar-refractivity contribution < 1.29 is 19.5 Å². The molecule has 0 N–H and O–H groups in total. The fraction of sp³-hybridized carbons (Fsp3) is 0.516. The molecule has 6 nitrogen and oxygen atoms in total. The first-order chi connectivity index (χ1) is 30.7. The van der Waals surface area contributed by atoms with Gasteiger partial charge in [-0.05, 0) is 87.8 Å². The van der Waals surface area contributed by atoms with E-state index in [0.29, 0.717) is 0 Å². The Bertz CT molecular complexity index is 2010. The van der Waals surface area contributed by atoms with E-state index in [-0.39, 0.29) is 62.8 Å². The Balaban J connectivity index is -0.000000817. The number of nitrogens with zero attached hydrogens (tertiary/aromatic N) is 6. The van der Waals surface area contributed by atoms with Crippen molar-refractivity contribution in [3.05, 3.63) is 176 Å². The topological polar surface area (TPSA) is 65.0 Å². The Morgan fingerprint density at radius 3 is 0.391 bits per heavy atom. The first-order valence-corrected chi connectivity index (χ1v) is 23.2. The summed E-state index contributed by atoms with van der Waals surface area (Å²) >= 11 is 0. The Morgan fingerprint density at radius 1 is 0.246 bits per heavy atom. The maximum Gasteiger partial charge on any atom is 4.00 e. The minimum Gasteiger partial charge on any atom is -0.512 e. The van der Waals surface area contributed by atoms with Gasteiger partial charge in [0.1, 0.15) is 0 Å². The number of hydrogen-bond acceptors (Lipinski definition) is 2. The van der Waals surface area contributed by atoms with Gasteiger partial charge in [0.05, 0.1) is 26.3 Å². The van der Waals surface area contributed by atoms with Crippen LogP contribution in [0, 0.1) is 50.0 Å². The summed E-state index contributed by atoms with van der Waals surface area (Å²) in [6.45, 7) is 90.9. The van der Waals surface area contributed by atoms with E-state index >= 15 is 0 Å². The Hall–Kier alpha value is -5.56. The largest absolute Gasteiger partial charge is 4.00 e. The molecule has 0 bridgehead atoms. The SMILES string of the molecule is [C-]#N.[C-]#N.[C-]#[N+]c1c(C(C)(C)C)cccc1C(C)(C)C.[C-]#[N+]c1c(C(C)(C)C)cccc1C(C)(C)C.[C-]#[N+]c1c(C(C)(C)C)cccc1C(C)(C)C.[C-]#[N+]c1c(C(C)(C)C)cccc1C(C)(C)C.[Ru+4]. The summed E-state index contributed by atoms with van der Waals surface area (Å²) < 4.78 is 0. The molecular weight excluding hydrogens is 930 g/mol. The third kappa shape index (κ3) is 20.1. The monoisotopic (exact) mass is 1010 g/mol. The average Bonchev–Trinajstić information content (AvgIpc) is 3.22. The smallest absolute Gasteiger partial charge is 0.512 e. The van der Waals surface area contributed by atoms with Gasteiger partial charge in [-0.2, -0.15) is 0 Å². The molecule has 0 aliphatic rings. The second kappa shape index (κ2) is 26.4. The Labute approximate surface area is 436 Å². The molecule has 69 heavy (non-hydrogen) atoms. The minimum atomic E-state index is 0. The van der Waals surface area contributed by atoms with Gasteiger partial charge in [-0.1, -0.05) is 239 Å². The van der Waals surface area contributed by atoms with Crippen LogP contribution in [0.15, 0.2) is 72.8 Å². The van der Waals surface area contributed by atoms with Gasteiger partial charge in [-0.3, -0.25) is 0 Å². The number of hydrogen-bond donors (Lipinski definition) is 0. The van der Waals surface area contributed by atoms with Crippen molar-refractivity contribution in [3.8, 4) is 0 Å². The second-order valence-corrected chi connectivity index (χ2v) is 25.3. The molecule has 0 atom stereocenters. The molecular formula is C62H84N6Ru+2. The zero-order valence-electron chi connectivity index (χ0n) is 47.0. The van der Waals surface area contributed by atoms with Gasteiger partial charge >= 0.3 is 19.5 Å². The van der Waals surface area contributed by atoms with E-state index in [9.17, 15) is 0 Å². The zero-order chi connectivity index (χ0) is 54.2. The van der Waals surface area contributed by atoms with Crippen molar-refractivity contribution in [2.75, 3.05) is 0 Å². The molecule has 0 aliphatic carbocycles.